The van der Waals surface area contributed by atoms with Crippen molar-refractivity contribution in [2.75, 3.05) is 0 Å². The van der Waals surface area contributed by atoms with Crippen LogP contribution < -0.4 is 0 Å². The van der Waals surface area contributed by atoms with Gasteiger partial charge in [-0.2, -0.15) is 0 Å². The van der Waals surface area contributed by atoms with Crippen molar-refractivity contribution in [2.24, 2.45) is 0 Å². The van der Waals surface area contributed by atoms with E-state index in [2.05, 4.69) is 215 Å². The molecule has 326 valence electrons. The minimum Gasteiger partial charge on any atom is -0.309 e. The molecule has 0 bridgehead atoms. The number of thiophene rings is 1. The van der Waals surface area contributed by atoms with Crippen molar-refractivity contribution in [1.29, 1.82) is 0 Å². The van der Waals surface area contributed by atoms with Gasteiger partial charge in [0.1, 0.15) is 0 Å². The summed E-state index contributed by atoms with van der Waals surface area (Å²) in [7, 11) is 0. The summed E-state index contributed by atoms with van der Waals surface area (Å²) in [5.41, 5.74) is 16.7. The van der Waals surface area contributed by atoms with Crippen LogP contribution in [-0.4, -0.2) is 9.13 Å². The van der Waals surface area contributed by atoms with E-state index in [0.29, 0.717) is 5.56 Å². The lowest BCUT2D eigenvalue weighted by Gasteiger charge is -2.34. The van der Waals surface area contributed by atoms with Crippen LogP contribution in [0.15, 0.2) is 255 Å². The van der Waals surface area contributed by atoms with Crippen LogP contribution >= 0.6 is 11.3 Å². The second-order valence-electron chi connectivity index (χ2n) is 18.4. The summed E-state index contributed by atoms with van der Waals surface area (Å²) < 4.78 is 49.8. The summed E-state index contributed by atoms with van der Waals surface area (Å²) in [6.45, 7) is 0. The Labute approximate surface area is 416 Å². The molecule has 0 fully saturated rings. The molecule has 0 radical (unpaired) electrons. The number of fused-ring (bicyclic) bond motifs is 12. The third-order valence-corrected chi connectivity index (χ3v) is 16.0. The first kappa shape index (κ1) is 34.5. The van der Waals surface area contributed by atoms with Crippen molar-refractivity contribution < 1.29 is 6.85 Å². The van der Waals surface area contributed by atoms with Crippen molar-refractivity contribution in [3.8, 4) is 44.8 Å². The molecule has 0 unspecified atom stereocenters. The highest BCUT2D eigenvalue weighted by molar-refractivity contribution is 7.26. The van der Waals surface area contributed by atoms with E-state index in [1.807, 2.05) is 18.2 Å². The Morgan fingerprint density at radius 2 is 0.943 bits per heavy atom. The van der Waals surface area contributed by atoms with Gasteiger partial charge in [-0.1, -0.05) is 188 Å². The first-order chi connectivity index (χ1) is 36.8. The van der Waals surface area contributed by atoms with Crippen LogP contribution in [0.4, 0.5) is 0 Å². The van der Waals surface area contributed by atoms with Crippen LogP contribution in [0.25, 0.3) is 109 Å². The minimum atomic E-state index is -0.510. The molecule has 0 spiro atoms. The Hall–Kier alpha value is -8.76. The molecule has 0 amide bonds. The van der Waals surface area contributed by atoms with Crippen LogP contribution in [0, 0.1) is 0 Å². The molecule has 70 heavy (non-hydrogen) atoms. The minimum absolute atomic E-state index is 0.202. The summed E-state index contributed by atoms with van der Waals surface area (Å²) >= 11 is 1.64. The maximum absolute atomic E-state index is 8.87. The van der Waals surface area contributed by atoms with Crippen LogP contribution in [0.3, 0.4) is 0 Å². The van der Waals surface area contributed by atoms with Crippen LogP contribution in [-0.2, 0) is 5.41 Å². The maximum atomic E-state index is 8.87. The Morgan fingerprint density at radius 1 is 0.371 bits per heavy atom. The molecule has 3 aromatic heterocycles. The zero-order valence-electron chi connectivity index (χ0n) is 42.7. The van der Waals surface area contributed by atoms with Gasteiger partial charge >= 0.3 is 0 Å². The highest BCUT2D eigenvalue weighted by Gasteiger charge is 2.47. The van der Waals surface area contributed by atoms with Crippen molar-refractivity contribution in [2.45, 2.75) is 5.41 Å². The summed E-state index contributed by atoms with van der Waals surface area (Å²) in [6.07, 6.45) is 0. The van der Waals surface area contributed by atoms with Gasteiger partial charge in [-0.15, -0.1) is 11.3 Å². The van der Waals surface area contributed by atoms with Gasteiger partial charge in [-0.3, -0.25) is 0 Å². The fraction of sp³-hybridized carbons (Fsp3) is 0.0149. The first-order valence-electron chi connectivity index (χ1n) is 26.3. The molecule has 15 rings (SSSR count). The van der Waals surface area contributed by atoms with Crippen molar-refractivity contribution in [3.63, 3.8) is 0 Å². The van der Waals surface area contributed by atoms with Crippen molar-refractivity contribution in [3.05, 3.63) is 277 Å². The Balaban J connectivity index is 0.893. The summed E-state index contributed by atoms with van der Waals surface area (Å²) in [4.78, 5) is 0. The van der Waals surface area contributed by atoms with E-state index < -0.39 is 11.5 Å². The quantitative estimate of drug-likeness (QED) is 0.157. The van der Waals surface area contributed by atoms with Gasteiger partial charge in [0, 0.05) is 53.0 Å². The number of benzene rings is 11. The second-order valence-corrected chi connectivity index (χ2v) is 19.4. The van der Waals surface area contributed by atoms with Gasteiger partial charge in [0.2, 0.25) is 0 Å². The molecule has 0 saturated heterocycles. The fourth-order valence-corrected chi connectivity index (χ4v) is 13.2. The van der Waals surface area contributed by atoms with Crippen LogP contribution in [0.2, 0.25) is 0 Å². The summed E-state index contributed by atoms with van der Waals surface area (Å²) in [5, 5.41) is 6.51. The monoisotopic (exact) mass is 911 g/mol. The van der Waals surface area contributed by atoms with Crippen LogP contribution in [0.5, 0.6) is 0 Å². The summed E-state index contributed by atoms with van der Waals surface area (Å²) in [5.74, 6) is 0. The molecule has 1 aliphatic carbocycles. The normalized spacial score (nSPS) is 14.0. The average molecular weight is 912 g/mol. The second kappa shape index (κ2) is 15.1. The van der Waals surface area contributed by atoms with Crippen molar-refractivity contribution >= 4 is 75.1 Å². The topological polar surface area (TPSA) is 9.86 Å². The Bertz CT molecular complexity index is 4650. The predicted octanol–water partition coefficient (Wildman–Crippen LogP) is 17.9. The van der Waals surface area contributed by atoms with Gasteiger partial charge in [0.25, 0.3) is 0 Å². The number of hydrogen-bond acceptors (Lipinski definition) is 1. The Morgan fingerprint density at radius 3 is 1.66 bits per heavy atom. The lowest BCUT2D eigenvalue weighted by atomic mass is 9.68. The zero-order valence-corrected chi connectivity index (χ0v) is 38.5. The maximum Gasteiger partial charge on any atom is 0.0714 e. The molecule has 2 nitrogen and oxygen atoms in total. The highest BCUT2D eigenvalue weighted by Crippen LogP contribution is 2.58. The molecular weight excluding hydrogens is 865 g/mol. The molecule has 3 heterocycles. The lowest BCUT2D eigenvalue weighted by molar-refractivity contribution is 0.768. The lowest BCUT2D eigenvalue weighted by Crippen LogP contribution is -2.28. The van der Waals surface area contributed by atoms with Gasteiger partial charge in [-0.25, -0.2) is 0 Å². The molecule has 11 aromatic carbocycles. The van der Waals surface area contributed by atoms with E-state index in [1.54, 1.807) is 11.3 Å². The number of rotatable bonds is 6. The van der Waals surface area contributed by atoms with E-state index >= 15 is 0 Å². The van der Waals surface area contributed by atoms with E-state index in [4.69, 9.17) is 6.85 Å². The van der Waals surface area contributed by atoms with E-state index in [1.165, 1.54) is 44.2 Å². The SMILES string of the molecule is [2H]c1c([2H])c([2H])c(-c2cccc3sc4ccc(-n5c6ccccc6c6cc(-c7ccc8c(c7)c7ccccc7n8-c7cccc8c7-c7ccccc7C8(c7ccccc7)c7ccccc7)ccc65)cc4c23)c([2H])c1[2H]. The Kier molecular flexibility index (Phi) is 7.46. The van der Waals surface area contributed by atoms with Gasteiger partial charge < -0.3 is 9.13 Å². The molecule has 0 N–H and O–H groups in total. The third-order valence-electron chi connectivity index (χ3n) is 14.9. The third kappa shape index (κ3) is 5.49. The number of aromatic nitrogens is 2. The van der Waals surface area contributed by atoms with E-state index in [0.717, 1.165) is 75.5 Å². The molecule has 14 aromatic rings. The molecule has 0 aliphatic heterocycles. The van der Waals surface area contributed by atoms with Crippen molar-refractivity contribution in [1.82, 2.24) is 9.13 Å². The zero-order chi connectivity index (χ0) is 50.3. The van der Waals surface area contributed by atoms with E-state index in [9.17, 15) is 0 Å². The number of nitrogens with zero attached hydrogens (tertiary/aromatic N) is 2. The average Bonchev–Trinajstić information content (AvgIpc) is 4.25. The largest absolute Gasteiger partial charge is 0.309 e. The first-order valence-corrected chi connectivity index (χ1v) is 24.6. The summed E-state index contributed by atoms with van der Waals surface area (Å²) in [6, 6.07) is 79.8. The molecule has 3 heteroatoms. The number of hydrogen-bond donors (Lipinski definition) is 0. The number of para-hydroxylation sites is 2. The van der Waals surface area contributed by atoms with E-state index in [-0.39, 0.29) is 29.7 Å². The smallest absolute Gasteiger partial charge is 0.0714 e. The van der Waals surface area contributed by atoms with Gasteiger partial charge in [0.15, 0.2) is 0 Å². The van der Waals surface area contributed by atoms with Gasteiger partial charge in [0.05, 0.1) is 40.0 Å². The fourth-order valence-electron chi connectivity index (χ4n) is 12.0. The van der Waals surface area contributed by atoms with Gasteiger partial charge in [-0.05, 0) is 117 Å². The molecule has 1 aliphatic rings. The predicted molar refractivity (Wildman–Crippen MR) is 296 cm³/mol. The highest BCUT2D eigenvalue weighted by atomic mass is 32.1. The standard InChI is InChI=1S/C67H42N2S/c1-4-18-43(19-5-1)49-27-16-33-64-65(49)55-42-48(36-39-63(55)70-64)68-58-30-14-11-24-50(58)53-40-44(34-37-60(53)68)45-35-38-61-54(41-45)51-25-12-15-31-59(51)69(61)62-32-17-29-57-66(62)52-26-10-13-28-56(52)67(57,46-20-6-2-7-21-46)47-22-8-3-9-23-47/h1-42H/i1D,4D,5D,18D,19D. The molecular formula is C67H42N2S. The van der Waals surface area contributed by atoms with Crippen LogP contribution in [0.1, 0.15) is 29.1 Å². The molecule has 0 atom stereocenters. The molecule has 0 saturated carbocycles.